The van der Waals surface area contributed by atoms with E-state index >= 15 is 0 Å². The zero-order valence-electron chi connectivity index (χ0n) is 17.1. The maximum absolute atomic E-state index is 12.8. The van der Waals surface area contributed by atoms with Crippen LogP contribution in [0.4, 0.5) is 0 Å². The predicted octanol–water partition coefficient (Wildman–Crippen LogP) is 4.51. The Labute approximate surface area is 173 Å². The molecule has 0 bridgehead atoms. The number of carbonyl (C=O) groups is 1. The number of likely N-dealkylation sites (tertiary alicyclic amines) is 1. The Morgan fingerprint density at radius 3 is 2.69 bits per heavy atom. The Morgan fingerprint density at radius 2 is 1.97 bits per heavy atom. The number of nitriles is 1. The number of hydrogen-bond acceptors (Lipinski definition) is 3. The first kappa shape index (κ1) is 19.7. The number of nitrogens with zero attached hydrogens (tertiary/aromatic N) is 2. The lowest BCUT2D eigenvalue weighted by Gasteiger charge is -2.46. The molecule has 29 heavy (non-hydrogen) atoms. The lowest BCUT2D eigenvalue weighted by Crippen LogP contribution is -2.51. The van der Waals surface area contributed by atoms with E-state index in [1.807, 2.05) is 4.90 Å². The number of hydrogen-bond donors (Lipinski definition) is 0. The number of aryl methyl sites for hydroxylation is 1. The highest BCUT2D eigenvalue weighted by Crippen LogP contribution is 2.39. The Morgan fingerprint density at radius 1 is 1.21 bits per heavy atom. The van der Waals surface area contributed by atoms with Gasteiger partial charge in [-0.1, -0.05) is 35.9 Å². The second-order valence-electron chi connectivity index (χ2n) is 8.56. The van der Waals surface area contributed by atoms with Crippen molar-refractivity contribution >= 4 is 5.91 Å². The maximum Gasteiger partial charge on any atom is 0.253 e. The van der Waals surface area contributed by atoms with E-state index in [0.29, 0.717) is 30.1 Å². The monoisotopic (exact) mass is 388 g/mol. The summed E-state index contributed by atoms with van der Waals surface area (Å²) in [7, 11) is 0. The van der Waals surface area contributed by atoms with Crippen LogP contribution >= 0.6 is 0 Å². The Hall–Kier alpha value is -2.64. The van der Waals surface area contributed by atoms with E-state index in [-0.39, 0.29) is 11.5 Å². The van der Waals surface area contributed by atoms with Crippen LogP contribution in [0.5, 0.6) is 0 Å². The zero-order chi connectivity index (χ0) is 20.3. The molecular formula is C25H28N2O2. The molecule has 1 amide bonds. The smallest absolute Gasteiger partial charge is 0.253 e. The largest absolute Gasteiger partial charge is 0.375 e. The van der Waals surface area contributed by atoms with Crippen molar-refractivity contribution in [3.05, 3.63) is 70.8 Å². The van der Waals surface area contributed by atoms with E-state index in [0.717, 1.165) is 38.7 Å². The number of rotatable bonds is 3. The van der Waals surface area contributed by atoms with E-state index in [1.165, 1.54) is 11.1 Å². The van der Waals surface area contributed by atoms with Gasteiger partial charge in [-0.3, -0.25) is 4.79 Å². The minimum atomic E-state index is -0.0844. The SMILES string of the molecule is Cc1ccc(CC2CCOC3(CCN(C(=O)c4cccc(C#N)c4)CC3)C2)cc1. The minimum absolute atomic E-state index is 0.0176. The standard InChI is InChI=1S/C25H28N2O2/c1-19-5-7-20(8-6-19)15-21-9-14-29-25(17-21)10-12-27(13-11-25)24(28)23-4-2-3-22(16-23)18-26/h2-8,16,21H,9-15,17H2,1H3. The van der Waals surface area contributed by atoms with Gasteiger partial charge in [0.15, 0.2) is 0 Å². The van der Waals surface area contributed by atoms with Crippen LogP contribution in [0.3, 0.4) is 0 Å². The molecule has 0 aliphatic carbocycles. The lowest BCUT2D eigenvalue weighted by atomic mass is 9.77. The Kier molecular flexibility index (Phi) is 5.69. The van der Waals surface area contributed by atoms with E-state index in [1.54, 1.807) is 24.3 Å². The summed E-state index contributed by atoms with van der Waals surface area (Å²) in [6, 6.07) is 18.0. The average molecular weight is 389 g/mol. The molecule has 2 aliphatic heterocycles. The molecule has 4 rings (SSSR count). The van der Waals surface area contributed by atoms with Crippen LogP contribution in [0.25, 0.3) is 0 Å². The molecule has 1 unspecified atom stereocenters. The quantitative estimate of drug-likeness (QED) is 0.777. The van der Waals surface area contributed by atoms with Crippen molar-refractivity contribution in [3.63, 3.8) is 0 Å². The van der Waals surface area contributed by atoms with Gasteiger partial charge in [0.25, 0.3) is 5.91 Å². The van der Waals surface area contributed by atoms with Gasteiger partial charge in [0.1, 0.15) is 0 Å². The van der Waals surface area contributed by atoms with Crippen molar-refractivity contribution in [2.75, 3.05) is 19.7 Å². The fourth-order valence-corrected chi connectivity index (χ4v) is 4.73. The molecule has 2 aromatic rings. The summed E-state index contributed by atoms with van der Waals surface area (Å²) in [5, 5.41) is 9.07. The zero-order valence-corrected chi connectivity index (χ0v) is 17.1. The van der Waals surface area contributed by atoms with Crippen molar-refractivity contribution in [2.45, 2.75) is 44.6 Å². The highest BCUT2D eigenvalue weighted by atomic mass is 16.5. The molecule has 4 heteroatoms. The summed E-state index contributed by atoms with van der Waals surface area (Å²) in [5.74, 6) is 0.657. The van der Waals surface area contributed by atoms with Gasteiger partial charge in [-0.25, -0.2) is 0 Å². The molecule has 0 radical (unpaired) electrons. The number of ether oxygens (including phenoxy) is 1. The lowest BCUT2D eigenvalue weighted by molar-refractivity contribution is -0.123. The molecule has 2 aliphatic rings. The van der Waals surface area contributed by atoms with E-state index in [2.05, 4.69) is 37.3 Å². The molecule has 1 spiro atoms. The third kappa shape index (κ3) is 4.52. The molecule has 1 atom stereocenters. The number of carbonyl (C=O) groups excluding carboxylic acids is 1. The van der Waals surface area contributed by atoms with Crippen LogP contribution in [0.15, 0.2) is 48.5 Å². The summed E-state index contributed by atoms with van der Waals surface area (Å²) >= 11 is 0. The number of benzene rings is 2. The van der Waals surface area contributed by atoms with Crippen LogP contribution in [0.1, 0.15) is 52.7 Å². The summed E-state index contributed by atoms with van der Waals surface area (Å²) in [6.45, 7) is 4.37. The van der Waals surface area contributed by atoms with E-state index in [9.17, 15) is 4.79 Å². The van der Waals surface area contributed by atoms with E-state index in [4.69, 9.17) is 10.00 Å². The van der Waals surface area contributed by atoms with Gasteiger partial charge in [0.05, 0.1) is 17.2 Å². The third-order valence-electron chi connectivity index (χ3n) is 6.44. The Bertz CT molecular complexity index is 905. The molecule has 2 aromatic carbocycles. The van der Waals surface area contributed by atoms with Crippen molar-refractivity contribution in [1.29, 1.82) is 5.26 Å². The van der Waals surface area contributed by atoms with Crippen LogP contribution < -0.4 is 0 Å². The first-order valence-corrected chi connectivity index (χ1v) is 10.6. The molecule has 150 valence electrons. The van der Waals surface area contributed by atoms with Crippen molar-refractivity contribution in [1.82, 2.24) is 4.90 Å². The van der Waals surface area contributed by atoms with Gasteiger partial charge in [0, 0.05) is 25.3 Å². The molecule has 2 heterocycles. The number of piperidine rings is 1. The molecule has 2 fully saturated rings. The molecule has 4 nitrogen and oxygen atoms in total. The first-order chi connectivity index (χ1) is 14.1. The molecule has 0 saturated carbocycles. The normalized spacial score (nSPS) is 21.0. The summed E-state index contributed by atoms with van der Waals surface area (Å²) in [6.07, 6.45) is 5.07. The second-order valence-corrected chi connectivity index (χ2v) is 8.56. The topological polar surface area (TPSA) is 53.3 Å². The molecular weight excluding hydrogens is 360 g/mol. The maximum atomic E-state index is 12.8. The molecule has 2 saturated heterocycles. The van der Waals surface area contributed by atoms with Crippen LogP contribution in [-0.2, 0) is 11.2 Å². The Balaban J connectivity index is 1.37. The number of amides is 1. The minimum Gasteiger partial charge on any atom is -0.375 e. The molecule has 0 aromatic heterocycles. The van der Waals surface area contributed by atoms with Crippen molar-refractivity contribution < 1.29 is 9.53 Å². The second kappa shape index (κ2) is 8.39. The predicted molar refractivity (Wildman–Crippen MR) is 113 cm³/mol. The van der Waals surface area contributed by atoms with Crippen molar-refractivity contribution in [3.8, 4) is 6.07 Å². The fraction of sp³-hybridized carbons (Fsp3) is 0.440. The third-order valence-corrected chi connectivity index (χ3v) is 6.44. The van der Waals surface area contributed by atoms with E-state index < -0.39 is 0 Å². The van der Waals surface area contributed by atoms with Gasteiger partial charge in [-0.05, 0) is 68.7 Å². The van der Waals surface area contributed by atoms with Crippen LogP contribution in [-0.4, -0.2) is 36.1 Å². The molecule has 0 N–H and O–H groups in total. The van der Waals surface area contributed by atoms with Gasteiger partial charge >= 0.3 is 0 Å². The van der Waals surface area contributed by atoms with Crippen LogP contribution in [0.2, 0.25) is 0 Å². The highest BCUT2D eigenvalue weighted by Gasteiger charge is 2.41. The average Bonchev–Trinajstić information content (AvgIpc) is 2.76. The van der Waals surface area contributed by atoms with Gasteiger partial charge in [-0.2, -0.15) is 5.26 Å². The van der Waals surface area contributed by atoms with Gasteiger partial charge < -0.3 is 9.64 Å². The van der Waals surface area contributed by atoms with Crippen LogP contribution in [0, 0.1) is 24.2 Å². The summed E-state index contributed by atoms with van der Waals surface area (Å²) in [5.41, 5.74) is 3.75. The summed E-state index contributed by atoms with van der Waals surface area (Å²) in [4.78, 5) is 14.8. The highest BCUT2D eigenvalue weighted by molar-refractivity contribution is 5.94. The summed E-state index contributed by atoms with van der Waals surface area (Å²) < 4.78 is 6.28. The fourth-order valence-electron chi connectivity index (χ4n) is 4.73. The first-order valence-electron chi connectivity index (χ1n) is 10.6. The van der Waals surface area contributed by atoms with Gasteiger partial charge in [0.2, 0.25) is 0 Å². The van der Waals surface area contributed by atoms with Gasteiger partial charge in [-0.15, -0.1) is 0 Å². The van der Waals surface area contributed by atoms with Crippen molar-refractivity contribution in [2.24, 2.45) is 5.92 Å².